The molecule has 11 heteroatoms. The predicted molar refractivity (Wildman–Crippen MR) is 88.0 cm³/mol. The molecular weight excluding hydrogens is 350 g/mol. The molecule has 0 amide bonds. The highest BCUT2D eigenvalue weighted by atomic mass is 16.4. The van der Waals surface area contributed by atoms with Crippen LogP contribution >= 0.6 is 0 Å². The Morgan fingerprint density at radius 2 is 1.12 bits per heavy atom. The van der Waals surface area contributed by atoms with Crippen molar-refractivity contribution in [3.8, 4) is 0 Å². The number of carboxylic acid groups (broad SMARTS) is 4. The van der Waals surface area contributed by atoms with Gasteiger partial charge in [-0.05, 0) is 6.42 Å². The van der Waals surface area contributed by atoms with Crippen LogP contribution in [0.5, 0.6) is 0 Å². The zero-order valence-electron chi connectivity index (χ0n) is 14.4. The van der Waals surface area contributed by atoms with Gasteiger partial charge in [0.15, 0.2) is 0 Å². The molecule has 0 unspecified atom stereocenters. The Balaban J connectivity index is 2.90. The smallest absolute Gasteiger partial charge is 0.320 e. The number of carbonyl (C=O) groups is 4. The van der Waals surface area contributed by atoms with Gasteiger partial charge in [0.2, 0.25) is 0 Å². The second-order valence-corrected chi connectivity index (χ2v) is 6.16. The summed E-state index contributed by atoms with van der Waals surface area (Å²) < 4.78 is 0. The van der Waals surface area contributed by atoms with E-state index in [2.05, 4.69) is 0 Å². The first-order valence-corrected chi connectivity index (χ1v) is 8.26. The van der Waals surface area contributed by atoms with Crippen molar-refractivity contribution in [3.63, 3.8) is 0 Å². The minimum absolute atomic E-state index is 0.0808. The third-order valence-corrected chi connectivity index (χ3v) is 4.21. The molecule has 0 aromatic carbocycles. The monoisotopic (exact) mass is 375 g/mol. The second kappa shape index (κ2) is 10.7. The van der Waals surface area contributed by atoms with Crippen LogP contribution in [-0.4, -0.2) is 117 Å². The van der Waals surface area contributed by atoms with Gasteiger partial charge in [0.1, 0.15) is 6.04 Å². The van der Waals surface area contributed by atoms with Crippen LogP contribution in [-0.2, 0) is 19.2 Å². The van der Waals surface area contributed by atoms with Gasteiger partial charge in [-0.25, -0.2) is 0 Å². The molecule has 1 heterocycles. The molecule has 0 saturated carbocycles. The molecule has 0 aromatic rings. The van der Waals surface area contributed by atoms with Crippen LogP contribution in [0.1, 0.15) is 12.8 Å². The minimum Gasteiger partial charge on any atom is -0.481 e. The molecule has 0 radical (unpaired) electrons. The number of hydrogen-bond acceptors (Lipinski definition) is 7. The Bertz CT molecular complexity index is 499. The van der Waals surface area contributed by atoms with Gasteiger partial charge < -0.3 is 20.4 Å². The Hall–Kier alpha value is -2.24. The van der Waals surface area contributed by atoms with E-state index in [1.165, 1.54) is 0 Å². The molecule has 148 valence electrons. The molecule has 1 aliphatic heterocycles. The molecule has 0 aliphatic carbocycles. The SMILES string of the molecule is O=C(O)CC[C@@H](C(=O)O)N1CCN(CC(=O)O)CCN(CC(=O)O)CC1. The Morgan fingerprint density at radius 3 is 1.46 bits per heavy atom. The summed E-state index contributed by atoms with van der Waals surface area (Å²) in [5.41, 5.74) is 0. The Morgan fingerprint density at radius 1 is 0.692 bits per heavy atom. The molecule has 11 nitrogen and oxygen atoms in total. The lowest BCUT2D eigenvalue weighted by atomic mass is 10.1. The highest BCUT2D eigenvalue weighted by molar-refractivity contribution is 5.75. The summed E-state index contributed by atoms with van der Waals surface area (Å²) in [7, 11) is 0. The number of hydrogen-bond donors (Lipinski definition) is 4. The van der Waals surface area contributed by atoms with Gasteiger partial charge in [-0.2, -0.15) is 0 Å². The average molecular weight is 375 g/mol. The molecule has 0 aromatic heterocycles. The summed E-state index contributed by atoms with van der Waals surface area (Å²) in [5.74, 6) is -4.30. The zero-order valence-corrected chi connectivity index (χ0v) is 14.4. The summed E-state index contributed by atoms with van der Waals surface area (Å²) in [6, 6.07) is -1.03. The third kappa shape index (κ3) is 8.23. The lowest BCUT2D eigenvalue weighted by Crippen LogP contribution is -2.47. The van der Waals surface area contributed by atoms with Crippen molar-refractivity contribution in [3.05, 3.63) is 0 Å². The number of aliphatic carboxylic acids is 4. The van der Waals surface area contributed by atoms with Crippen molar-refractivity contribution < 1.29 is 39.6 Å². The lowest BCUT2D eigenvalue weighted by molar-refractivity contribution is -0.145. The predicted octanol–water partition coefficient (Wildman–Crippen LogP) is -1.61. The summed E-state index contributed by atoms with van der Waals surface area (Å²) in [6.07, 6.45) is -0.381. The van der Waals surface area contributed by atoms with Gasteiger partial charge in [-0.3, -0.25) is 33.9 Å². The Kier molecular flexibility index (Phi) is 8.96. The average Bonchev–Trinajstić information content (AvgIpc) is 2.59. The van der Waals surface area contributed by atoms with Crippen LogP contribution in [0.15, 0.2) is 0 Å². The van der Waals surface area contributed by atoms with Crippen LogP contribution in [0, 0.1) is 0 Å². The van der Waals surface area contributed by atoms with E-state index in [0.717, 1.165) is 0 Å². The maximum atomic E-state index is 11.6. The summed E-state index contributed by atoms with van der Waals surface area (Å²) in [6.45, 7) is 1.33. The second-order valence-electron chi connectivity index (χ2n) is 6.16. The maximum absolute atomic E-state index is 11.6. The highest BCUT2D eigenvalue weighted by Crippen LogP contribution is 2.10. The summed E-state index contributed by atoms with van der Waals surface area (Å²) in [4.78, 5) is 49.1. The highest BCUT2D eigenvalue weighted by Gasteiger charge is 2.28. The normalized spacial score (nSPS) is 19.1. The van der Waals surface area contributed by atoms with E-state index in [4.69, 9.17) is 15.3 Å². The third-order valence-electron chi connectivity index (χ3n) is 4.21. The van der Waals surface area contributed by atoms with Gasteiger partial charge in [-0.15, -0.1) is 0 Å². The molecule has 26 heavy (non-hydrogen) atoms. The van der Waals surface area contributed by atoms with Gasteiger partial charge in [-0.1, -0.05) is 0 Å². The van der Waals surface area contributed by atoms with Crippen LogP contribution in [0.3, 0.4) is 0 Å². The lowest BCUT2D eigenvalue weighted by Gasteiger charge is -2.30. The van der Waals surface area contributed by atoms with Crippen LogP contribution in [0.4, 0.5) is 0 Å². The number of nitrogens with zero attached hydrogens (tertiary/aromatic N) is 3. The topological polar surface area (TPSA) is 159 Å². The van der Waals surface area contributed by atoms with E-state index in [0.29, 0.717) is 26.2 Å². The van der Waals surface area contributed by atoms with Crippen molar-refractivity contribution in [2.24, 2.45) is 0 Å². The fourth-order valence-corrected chi connectivity index (χ4v) is 2.89. The first-order chi connectivity index (χ1) is 12.2. The van der Waals surface area contributed by atoms with Crippen molar-refractivity contribution in [2.75, 3.05) is 52.4 Å². The standard InChI is InChI=1S/C15H25N3O8/c19-12(20)2-1-11(15(25)26)18-7-5-16(9-13(21)22)3-4-17(6-8-18)10-14(23)24/h11H,1-10H2,(H,19,20)(H,21,22)(H,23,24)(H,25,26)/t11-/m0/s1. The van der Waals surface area contributed by atoms with Gasteiger partial charge >= 0.3 is 23.9 Å². The molecule has 1 rings (SSSR count). The van der Waals surface area contributed by atoms with Crippen molar-refractivity contribution >= 4 is 23.9 Å². The van der Waals surface area contributed by atoms with E-state index >= 15 is 0 Å². The molecular formula is C15H25N3O8. The van der Waals surface area contributed by atoms with Crippen LogP contribution in [0.2, 0.25) is 0 Å². The summed E-state index contributed by atoms with van der Waals surface area (Å²) in [5, 5.41) is 36.2. The Labute approximate surface area is 150 Å². The first kappa shape index (κ1) is 21.8. The van der Waals surface area contributed by atoms with Gasteiger partial charge in [0, 0.05) is 45.7 Å². The largest absolute Gasteiger partial charge is 0.481 e. The molecule has 1 saturated heterocycles. The van der Waals surface area contributed by atoms with Gasteiger partial charge in [0.25, 0.3) is 0 Å². The van der Waals surface area contributed by atoms with Crippen molar-refractivity contribution in [1.29, 1.82) is 0 Å². The van der Waals surface area contributed by atoms with E-state index in [1.54, 1.807) is 14.7 Å². The van der Waals surface area contributed by atoms with E-state index < -0.39 is 29.9 Å². The fourth-order valence-electron chi connectivity index (χ4n) is 2.89. The molecule has 1 atom stereocenters. The first-order valence-electron chi connectivity index (χ1n) is 8.26. The zero-order chi connectivity index (χ0) is 19.7. The molecule has 0 spiro atoms. The fraction of sp³-hybridized carbons (Fsp3) is 0.733. The maximum Gasteiger partial charge on any atom is 0.320 e. The molecule has 1 aliphatic rings. The van der Waals surface area contributed by atoms with E-state index in [1.807, 2.05) is 0 Å². The minimum atomic E-state index is -1.15. The molecule has 0 bridgehead atoms. The quantitative estimate of drug-likeness (QED) is 0.367. The van der Waals surface area contributed by atoms with Crippen LogP contribution < -0.4 is 0 Å². The van der Waals surface area contributed by atoms with Crippen molar-refractivity contribution in [2.45, 2.75) is 18.9 Å². The van der Waals surface area contributed by atoms with E-state index in [-0.39, 0.29) is 39.0 Å². The van der Waals surface area contributed by atoms with Gasteiger partial charge in [0.05, 0.1) is 13.1 Å². The van der Waals surface area contributed by atoms with E-state index in [9.17, 15) is 24.3 Å². The van der Waals surface area contributed by atoms with Crippen molar-refractivity contribution in [1.82, 2.24) is 14.7 Å². The molecule has 4 N–H and O–H groups in total. The van der Waals surface area contributed by atoms with Crippen LogP contribution in [0.25, 0.3) is 0 Å². The number of rotatable bonds is 9. The summed E-state index contributed by atoms with van der Waals surface area (Å²) >= 11 is 0. The number of carboxylic acids is 4. The molecule has 1 fully saturated rings.